The molecule has 0 atom stereocenters. The first-order valence-corrected chi connectivity index (χ1v) is 6.35. The number of hydrogen-bond acceptors (Lipinski definition) is 3. The lowest BCUT2D eigenvalue weighted by atomic mass is 10.2. The number of nitrogen functional groups attached to an aromatic ring is 1. The number of aryl methyl sites for hydroxylation is 1. The van der Waals surface area contributed by atoms with Crippen molar-refractivity contribution in [2.75, 3.05) is 12.3 Å². The second-order valence-electron chi connectivity index (χ2n) is 4.11. The average Bonchev–Trinajstić information content (AvgIpc) is 2.91. The number of rotatable bonds is 5. The molecule has 0 saturated carbocycles. The molecule has 0 radical (unpaired) electrons. The molecule has 0 spiro atoms. The van der Waals surface area contributed by atoms with E-state index in [0.29, 0.717) is 22.8 Å². The van der Waals surface area contributed by atoms with Crippen molar-refractivity contribution in [3.8, 4) is 0 Å². The number of nitrogens with one attached hydrogen (secondary N) is 1. The van der Waals surface area contributed by atoms with Gasteiger partial charge in [-0.05, 0) is 30.7 Å². The minimum atomic E-state index is -0.151. The number of benzene rings is 1. The highest BCUT2D eigenvalue weighted by atomic mass is 35.5. The monoisotopic (exact) mass is 278 g/mol. The van der Waals surface area contributed by atoms with Gasteiger partial charge in [0.25, 0.3) is 5.91 Å². The van der Waals surface area contributed by atoms with Crippen LogP contribution in [0.3, 0.4) is 0 Å². The van der Waals surface area contributed by atoms with Crippen LogP contribution < -0.4 is 11.1 Å². The van der Waals surface area contributed by atoms with Gasteiger partial charge >= 0.3 is 0 Å². The number of anilines is 1. The highest BCUT2D eigenvalue weighted by molar-refractivity contribution is 6.33. The summed E-state index contributed by atoms with van der Waals surface area (Å²) in [5.74, 6) is -0.151. The fraction of sp³-hybridized carbons (Fsp3) is 0.231. The van der Waals surface area contributed by atoms with Gasteiger partial charge in [-0.1, -0.05) is 11.6 Å². The van der Waals surface area contributed by atoms with Crippen LogP contribution in [0.4, 0.5) is 5.69 Å². The average molecular weight is 279 g/mol. The molecule has 1 aromatic heterocycles. The van der Waals surface area contributed by atoms with Gasteiger partial charge in [0.05, 0.1) is 10.7 Å². The third kappa shape index (κ3) is 3.72. The van der Waals surface area contributed by atoms with Gasteiger partial charge in [-0.25, -0.2) is 0 Å². The Morgan fingerprint density at radius 1 is 1.47 bits per heavy atom. The maximum Gasteiger partial charge on any atom is 0.251 e. The van der Waals surface area contributed by atoms with Crippen molar-refractivity contribution >= 4 is 23.2 Å². The topological polar surface area (TPSA) is 72.9 Å². The molecule has 19 heavy (non-hydrogen) atoms. The molecule has 0 fully saturated rings. The zero-order chi connectivity index (χ0) is 13.7. The predicted molar refractivity (Wildman–Crippen MR) is 75.0 cm³/mol. The van der Waals surface area contributed by atoms with E-state index in [0.717, 1.165) is 13.0 Å². The lowest BCUT2D eigenvalue weighted by Crippen LogP contribution is -2.25. The number of aromatic nitrogens is 2. The summed E-state index contributed by atoms with van der Waals surface area (Å²) < 4.78 is 1.83. The lowest BCUT2D eigenvalue weighted by molar-refractivity contribution is 0.0952. The molecule has 2 rings (SSSR count). The second-order valence-corrected chi connectivity index (χ2v) is 4.52. The van der Waals surface area contributed by atoms with E-state index in [1.54, 1.807) is 24.4 Å². The fourth-order valence-corrected chi connectivity index (χ4v) is 1.83. The molecule has 0 aliphatic heterocycles. The summed E-state index contributed by atoms with van der Waals surface area (Å²) in [5, 5.41) is 7.31. The van der Waals surface area contributed by atoms with Crippen molar-refractivity contribution in [3.05, 3.63) is 47.2 Å². The second kappa shape index (κ2) is 6.24. The molecule has 1 heterocycles. The molecule has 2 aromatic rings. The molecule has 3 N–H and O–H groups in total. The summed E-state index contributed by atoms with van der Waals surface area (Å²) in [5.41, 5.74) is 6.57. The normalized spacial score (nSPS) is 10.4. The zero-order valence-corrected chi connectivity index (χ0v) is 11.1. The van der Waals surface area contributed by atoms with E-state index in [2.05, 4.69) is 10.4 Å². The summed E-state index contributed by atoms with van der Waals surface area (Å²) in [6.45, 7) is 1.36. The van der Waals surface area contributed by atoms with E-state index < -0.39 is 0 Å². The third-order valence-electron chi connectivity index (χ3n) is 2.67. The molecule has 100 valence electrons. The molecule has 0 aliphatic carbocycles. The third-order valence-corrected chi connectivity index (χ3v) is 3.00. The van der Waals surface area contributed by atoms with Crippen LogP contribution in [0.2, 0.25) is 5.02 Å². The van der Waals surface area contributed by atoms with Crippen LogP contribution in [0.1, 0.15) is 16.8 Å². The number of carbonyl (C=O) groups is 1. The van der Waals surface area contributed by atoms with Gasteiger partial charge in [0.1, 0.15) is 0 Å². The maximum absolute atomic E-state index is 11.8. The van der Waals surface area contributed by atoms with Gasteiger partial charge in [0.2, 0.25) is 0 Å². The molecule has 5 nitrogen and oxygen atoms in total. The zero-order valence-electron chi connectivity index (χ0n) is 10.3. The molecule has 0 aliphatic rings. The minimum Gasteiger partial charge on any atom is -0.398 e. The van der Waals surface area contributed by atoms with Gasteiger partial charge in [-0.2, -0.15) is 5.10 Å². The van der Waals surface area contributed by atoms with Crippen molar-refractivity contribution in [2.24, 2.45) is 0 Å². The van der Waals surface area contributed by atoms with Gasteiger partial charge < -0.3 is 11.1 Å². The highest BCUT2D eigenvalue weighted by Crippen LogP contribution is 2.19. The van der Waals surface area contributed by atoms with E-state index in [-0.39, 0.29) is 5.91 Å². The molecule has 6 heteroatoms. The molecule has 0 unspecified atom stereocenters. The van der Waals surface area contributed by atoms with E-state index in [1.165, 1.54) is 0 Å². The van der Waals surface area contributed by atoms with E-state index in [9.17, 15) is 4.79 Å². The standard InChI is InChI=1S/C13H15ClN4O/c14-11-9-10(3-4-12(11)15)13(19)16-5-1-7-18-8-2-6-17-18/h2-4,6,8-9H,1,5,7,15H2,(H,16,19). The van der Waals surface area contributed by atoms with E-state index in [1.807, 2.05) is 16.9 Å². The van der Waals surface area contributed by atoms with Gasteiger partial charge in [-0.15, -0.1) is 0 Å². The fourth-order valence-electron chi connectivity index (χ4n) is 1.65. The summed E-state index contributed by atoms with van der Waals surface area (Å²) >= 11 is 5.87. The number of nitrogens with zero attached hydrogens (tertiary/aromatic N) is 2. The van der Waals surface area contributed by atoms with Gasteiger partial charge in [-0.3, -0.25) is 9.48 Å². The summed E-state index contributed by atoms with van der Waals surface area (Å²) in [7, 11) is 0. The summed E-state index contributed by atoms with van der Waals surface area (Å²) in [4.78, 5) is 11.8. The predicted octanol–water partition coefficient (Wildman–Crippen LogP) is 1.94. The molecular formula is C13H15ClN4O. The van der Waals surface area contributed by atoms with Crippen LogP contribution in [0.15, 0.2) is 36.7 Å². The van der Waals surface area contributed by atoms with Crippen molar-refractivity contribution in [1.29, 1.82) is 0 Å². The SMILES string of the molecule is Nc1ccc(C(=O)NCCCn2cccn2)cc1Cl. The number of amides is 1. The summed E-state index contributed by atoms with van der Waals surface area (Å²) in [6.07, 6.45) is 4.44. The van der Waals surface area contributed by atoms with Crippen molar-refractivity contribution in [2.45, 2.75) is 13.0 Å². The molecular weight excluding hydrogens is 264 g/mol. The molecule has 0 bridgehead atoms. The number of carbonyl (C=O) groups excluding carboxylic acids is 1. The van der Waals surface area contributed by atoms with Gasteiger partial charge in [0.15, 0.2) is 0 Å². The van der Waals surface area contributed by atoms with Crippen LogP contribution in [0, 0.1) is 0 Å². The number of hydrogen-bond donors (Lipinski definition) is 2. The van der Waals surface area contributed by atoms with Crippen LogP contribution in [0.25, 0.3) is 0 Å². The largest absolute Gasteiger partial charge is 0.398 e. The Morgan fingerprint density at radius 3 is 3.00 bits per heavy atom. The number of nitrogens with two attached hydrogens (primary N) is 1. The first-order chi connectivity index (χ1) is 9.16. The Hall–Kier alpha value is -2.01. The number of halogens is 1. The van der Waals surface area contributed by atoms with Crippen molar-refractivity contribution in [1.82, 2.24) is 15.1 Å². The smallest absolute Gasteiger partial charge is 0.251 e. The highest BCUT2D eigenvalue weighted by Gasteiger charge is 2.06. The van der Waals surface area contributed by atoms with Crippen LogP contribution >= 0.6 is 11.6 Å². The minimum absolute atomic E-state index is 0.151. The molecule has 1 amide bonds. The first-order valence-electron chi connectivity index (χ1n) is 5.97. The Labute approximate surface area is 116 Å². The van der Waals surface area contributed by atoms with E-state index in [4.69, 9.17) is 17.3 Å². The first kappa shape index (κ1) is 13.4. The van der Waals surface area contributed by atoms with Crippen molar-refractivity contribution in [3.63, 3.8) is 0 Å². The Kier molecular flexibility index (Phi) is 4.41. The lowest BCUT2D eigenvalue weighted by Gasteiger charge is -2.06. The quantitative estimate of drug-likeness (QED) is 0.648. The van der Waals surface area contributed by atoms with E-state index >= 15 is 0 Å². The van der Waals surface area contributed by atoms with Crippen LogP contribution in [-0.2, 0) is 6.54 Å². The van der Waals surface area contributed by atoms with Gasteiger partial charge in [0, 0.05) is 31.0 Å². The Morgan fingerprint density at radius 2 is 2.32 bits per heavy atom. The Bertz CT molecular complexity index is 554. The van der Waals surface area contributed by atoms with Crippen LogP contribution in [0.5, 0.6) is 0 Å². The molecule has 0 saturated heterocycles. The maximum atomic E-state index is 11.8. The Balaban J connectivity index is 1.79. The van der Waals surface area contributed by atoms with Crippen molar-refractivity contribution < 1.29 is 4.79 Å². The van der Waals surface area contributed by atoms with Crippen LogP contribution in [-0.4, -0.2) is 22.2 Å². The summed E-state index contributed by atoms with van der Waals surface area (Å²) in [6, 6.07) is 6.72. The molecule has 1 aromatic carbocycles.